The molecule has 2 heteroatoms. The molecule has 0 saturated carbocycles. The van der Waals surface area contributed by atoms with Gasteiger partial charge in [0.25, 0.3) is 0 Å². The maximum atomic E-state index is 4.43. The van der Waals surface area contributed by atoms with Gasteiger partial charge < -0.3 is 4.90 Å². The predicted molar refractivity (Wildman–Crippen MR) is 168 cm³/mol. The minimum atomic E-state index is 1.06. The lowest BCUT2D eigenvalue weighted by molar-refractivity contribution is 1.15. The van der Waals surface area contributed by atoms with Crippen LogP contribution in [-0.4, -0.2) is 6.21 Å². The monoisotopic (exact) mass is 500 g/mol. The topological polar surface area (TPSA) is 15.6 Å². The van der Waals surface area contributed by atoms with Crippen LogP contribution in [0.1, 0.15) is 13.8 Å². The predicted octanol–water partition coefficient (Wildman–Crippen LogP) is 10.4. The van der Waals surface area contributed by atoms with Crippen LogP contribution in [0.4, 0.5) is 11.4 Å². The van der Waals surface area contributed by atoms with Crippen molar-refractivity contribution in [1.82, 2.24) is 0 Å². The quantitative estimate of drug-likeness (QED) is 0.215. The number of fused-ring (bicyclic) bond motifs is 4. The standard InChI is InChI=1S/C37H28N2/c1-3-38-24-25(2)39(36-17-8-11-26-10-4-5-12-30(26)36)28-20-18-27(19-21-28)29-22-23-35-32-14-7-6-13-31(32)34-16-9-15-33(29)37(34)35/h3-24H,1-2H3/b25-24+,38-3-. The molecule has 0 spiro atoms. The second-order valence-electron chi connectivity index (χ2n) is 9.99. The molecule has 0 aromatic heterocycles. The summed E-state index contributed by atoms with van der Waals surface area (Å²) in [5.74, 6) is 0. The molecule has 0 aliphatic heterocycles. The van der Waals surface area contributed by atoms with Crippen LogP contribution in [0.2, 0.25) is 0 Å². The Morgan fingerprint density at radius 1 is 0.590 bits per heavy atom. The molecule has 2 nitrogen and oxygen atoms in total. The van der Waals surface area contributed by atoms with Crippen molar-refractivity contribution in [3.8, 4) is 33.4 Å². The van der Waals surface area contributed by atoms with Crippen LogP contribution >= 0.6 is 0 Å². The fourth-order valence-corrected chi connectivity index (χ4v) is 6.03. The molecule has 6 aromatic carbocycles. The van der Waals surface area contributed by atoms with E-state index >= 15 is 0 Å². The second-order valence-corrected chi connectivity index (χ2v) is 9.99. The van der Waals surface area contributed by atoms with Crippen molar-refractivity contribution in [1.29, 1.82) is 0 Å². The van der Waals surface area contributed by atoms with E-state index in [1.165, 1.54) is 54.9 Å². The van der Waals surface area contributed by atoms with Gasteiger partial charge in [0.15, 0.2) is 0 Å². The van der Waals surface area contributed by atoms with Gasteiger partial charge in [-0.15, -0.1) is 0 Å². The molecule has 186 valence electrons. The first-order chi connectivity index (χ1) is 19.2. The van der Waals surface area contributed by atoms with Gasteiger partial charge in [0.05, 0.1) is 5.69 Å². The molecule has 1 aliphatic carbocycles. The number of rotatable bonds is 5. The second kappa shape index (κ2) is 9.41. The van der Waals surface area contributed by atoms with Crippen molar-refractivity contribution in [2.45, 2.75) is 13.8 Å². The van der Waals surface area contributed by atoms with Gasteiger partial charge in [0, 0.05) is 29.2 Å². The lowest BCUT2D eigenvalue weighted by atomic mass is 9.94. The minimum Gasteiger partial charge on any atom is -0.312 e. The molecular formula is C37H28N2. The Labute approximate surface area is 229 Å². The average molecular weight is 501 g/mol. The summed E-state index contributed by atoms with van der Waals surface area (Å²) in [6, 6.07) is 44.0. The molecule has 39 heavy (non-hydrogen) atoms. The summed E-state index contributed by atoms with van der Waals surface area (Å²) in [6.07, 6.45) is 3.75. The van der Waals surface area contributed by atoms with Crippen molar-refractivity contribution < 1.29 is 0 Å². The van der Waals surface area contributed by atoms with E-state index in [0.717, 1.165) is 17.1 Å². The Bertz CT molecular complexity index is 1890. The molecule has 6 aromatic rings. The maximum Gasteiger partial charge on any atom is 0.0537 e. The van der Waals surface area contributed by atoms with E-state index in [9.17, 15) is 0 Å². The van der Waals surface area contributed by atoms with Crippen LogP contribution in [0.15, 0.2) is 138 Å². The van der Waals surface area contributed by atoms with Gasteiger partial charge in [0.1, 0.15) is 0 Å². The third kappa shape index (κ3) is 3.76. The first-order valence-corrected chi connectivity index (χ1v) is 13.4. The Morgan fingerprint density at radius 3 is 2.00 bits per heavy atom. The highest BCUT2D eigenvalue weighted by atomic mass is 15.2. The normalized spacial score (nSPS) is 12.4. The van der Waals surface area contributed by atoms with Crippen molar-refractivity contribution in [2.24, 2.45) is 4.99 Å². The van der Waals surface area contributed by atoms with Crippen LogP contribution < -0.4 is 4.90 Å². The van der Waals surface area contributed by atoms with Crippen molar-refractivity contribution in [2.75, 3.05) is 4.90 Å². The Kier molecular flexibility index (Phi) is 5.60. The molecule has 0 N–H and O–H groups in total. The average Bonchev–Trinajstić information content (AvgIpc) is 3.32. The third-order valence-electron chi connectivity index (χ3n) is 7.76. The molecule has 1 aliphatic rings. The van der Waals surface area contributed by atoms with Gasteiger partial charge in [-0.05, 0) is 81.6 Å². The summed E-state index contributed by atoms with van der Waals surface area (Å²) >= 11 is 0. The Morgan fingerprint density at radius 2 is 1.21 bits per heavy atom. The van der Waals surface area contributed by atoms with Crippen molar-refractivity contribution in [3.63, 3.8) is 0 Å². The first-order valence-electron chi connectivity index (χ1n) is 13.4. The molecule has 0 amide bonds. The third-order valence-corrected chi connectivity index (χ3v) is 7.76. The van der Waals surface area contributed by atoms with Crippen molar-refractivity contribution in [3.05, 3.63) is 133 Å². The van der Waals surface area contributed by atoms with E-state index in [4.69, 9.17) is 0 Å². The van der Waals surface area contributed by atoms with E-state index in [-0.39, 0.29) is 0 Å². The summed E-state index contributed by atoms with van der Waals surface area (Å²) in [4.78, 5) is 6.73. The van der Waals surface area contributed by atoms with Gasteiger partial charge in [0.2, 0.25) is 0 Å². The zero-order valence-corrected chi connectivity index (χ0v) is 22.1. The van der Waals surface area contributed by atoms with Crippen LogP contribution in [-0.2, 0) is 0 Å². The number of nitrogens with zero attached hydrogens (tertiary/aromatic N) is 2. The lowest BCUT2D eigenvalue weighted by Gasteiger charge is -2.27. The molecule has 0 radical (unpaired) electrons. The summed E-state index contributed by atoms with van der Waals surface area (Å²) in [6.45, 7) is 4.06. The van der Waals surface area contributed by atoms with Crippen LogP contribution in [0.3, 0.4) is 0 Å². The molecule has 0 atom stereocenters. The van der Waals surface area contributed by atoms with E-state index < -0.39 is 0 Å². The number of hydrogen-bond acceptors (Lipinski definition) is 2. The maximum absolute atomic E-state index is 4.43. The van der Waals surface area contributed by atoms with E-state index in [1.54, 1.807) is 0 Å². The van der Waals surface area contributed by atoms with Crippen LogP contribution in [0.25, 0.3) is 54.9 Å². The molecule has 0 saturated heterocycles. The van der Waals surface area contributed by atoms with Gasteiger partial charge in [-0.25, -0.2) is 0 Å². The molecule has 0 heterocycles. The summed E-state index contributed by atoms with van der Waals surface area (Å²) in [5.41, 5.74) is 11.1. The Balaban J connectivity index is 1.35. The highest BCUT2D eigenvalue weighted by molar-refractivity contribution is 6.18. The number of benzene rings is 6. The minimum absolute atomic E-state index is 1.06. The first kappa shape index (κ1) is 23.2. The van der Waals surface area contributed by atoms with E-state index in [2.05, 4.69) is 138 Å². The lowest BCUT2D eigenvalue weighted by Crippen LogP contribution is -2.14. The number of hydrogen-bond donors (Lipinski definition) is 0. The summed E-state index contributed by atoms with van der Waals surface area (Å²) in [7, 11) is 0. The number of allylic oxidation sites excluding steroid dienone is 1. The fourth-order valence-electron chi connectivity index (χ4n) is 6.03. The zero-order valence-electron chi connectivity index (χ0n) is 22.1. The molecule has 0 bridgehead atoms. The summed E-state index contributed by atoms with van der Waals surface area (Å²) in [5, 5.41) is 5.09. The van der Waals surface area contributed by atoms with E-state index in [1.807, 2.05) is 19.3 Å². The highest BCUT2D eigenvalue weighted by Gasteiger charge is 2.22. The van der Waals surface area contributed by atoms with Gasteiger partial charge in [-0.1, -0.05) is 103 Å². The number of aliphatic imine (C=N–C) groups is 1. The van der Waals surface area contributed by atoms with E-state index in [0.29, 0.717) is 0 Å². The zero-order chi connectivity index (χ0) is 26.3. The highest BCUT2D eigenvalue weighted by Crippen LogP contribution is 2.49. The molecule has 0 unspecified atom stereocenters. The molecular weight excluding hydrogens is 472 g/mol. The number of anilines is 2. The SMILES string of the molecule is C/C=N\C=C(/C)N(c1ccc(-c2ccc3c4c(cccc24)-c2ccccc2-3)cc1)c1cccc2ccccc12. The van der Waals surface area contributed by atoms with Crippen molar-refractivity contribution >= 4 is 39.1 Å². The van der Waals surface area contributed by atoms with Crippen LogP contribution in [0, 0.1) is 0 Å². The fraction of sp³-hybridized carbons (Fsp3) is 0.0541. The molecule has 0 fully saturated rings. The molecule has 7 rings (SSSR count). The smallest absolute Gasteiger partial charge is 0.0537 e. The summed E-state index contributed by atoms with van der Waals surface area (Å²) < 4.78 is 0. The van der Waals surface area contributed by atoms with Crippen LogP contribution in [0.5, 0.6) is 0 Å². The van der Waals surface area contributed by atoms with Gasteiger partial charge in [-0.2, -0.15) is 0 Å². The van der Waals surface area contributed by atoms with Gasteiger partial charge in [-0.3, -0.25) is 4.99 Å². The van der Waals surface area contributed by atoms with Gasteiger partial charge >= 0.3 is 0 Å². The largest absolute Gasteiger partial charge is 0.312 e. The Hall–Kier alpha value is -4.95.